The quantitative estimate of drug-likeness (QED) is 0.386. The first kappa shape index (κ1) is 21.3. The second-order valence-corrected chi connectivity index (χ2v) is 7.84. The predicted octanol–water partition coefficient (Wildman–Crippen LogP) is 3.79. The van der Waals surface area contributed by atoms with Crippen LogP contribution in [0.15, 0.2) is 46.2 Å². The molecule has 9 heteroatoms. The standard InChI is InChI=1S/C20H23ClN4O3S/c1-14-11-15(21)7-8-17(14)28-10-4-6-18-23-24-20(25(18)2)29-13-19(26)22-12-16-5-3-9-27-16/h3,5,7-9,11H,4,6,10,12-13H2,1-2H3,(H,22,26). The number of carbonyl (C=O) groups is 1. The Morgan fingerprint density at radius 1 is 1.34 bits per heavy atom. The summed E-state index contributed by atoms with van der Waals surface area (Å²) in [6.45, 7) is 2.93. The van der Waals surface area contributed by atoms with Gasteiger partial charge in [-0.05, 0) is 49.2 Å². The lowest BCUT2D eigenvalue weighted by molar-refractivity contribution is -0.118. The lowest BCUT2D eigenvalue weighted by atomic mass is 10.2. The highest BCUT2D eigenvalue weighted by atomic mass is 35.5. The Bertz CT molecular complexity index is 943. The van der Waals surface area contributed by atoms with Crippen LogP contribution >= 0.6 is 23.4 Å². The highest BCUT2D eigenvalue weighted by molar-refractivity contribution is 7.99. The molecule has 3 rings (SSSR count). The molecule has 0 saturated carbocycles. The molecule has 7 nitrogen and oxygen atoms in total. The Kier molecular flexibility index (Phi) is 7.60. The van der Waals surface area contributed by atoms with Crippen LogP contribution in [0.25, 0.3) is 0 Å². The monoisotopic (exact) mass is 434 g/mol. The Morgan fingerprint density at radius 3 is 2.97 bits per heavy atom. The second-order valence-electron chi connectivity index (χ2n) is 6.46. The highest BCUT2D eigenvalue weighted by Crippen LogP contribution is 2.22. The van der Waals surface area contributed by atoms with Gasteiger partial charge >= 0.3 is 0 Å². The van der Waals surface area contributed by atoms with Crippen molar-refractivity contribution in [3.63, 3.8) is 0 Å². The summed E-state index contributed by atoms with van der Waals surface area (Å²) in [7, 11) is 1.91. The Hall–Kier alpha value is -2.45. The van der Waals surface area contributed by atoms with E-state index in [1.807, 2.05) is 42.8 Å². The van der Waals surface area contributed by atoms with Crippen LogP contribution in [0.5, 0.6) is 5.75 Å². The van der Waals surface area contributed by atoms with E-state index < -0.39 is 0 Å². The summed E-state index contributed by atoms with van der Waals surface area (Å²) < 4.78 is 12.9. The van der Waals surface area contributed by atoms with Crippen LogP contribution < -0.4 is 10.1 Å². The van der Waals surface area contributed by atoms with Crippen molar-refractivity contribution in [2.24, 2.45) is 7.05 Å². The number of furan rings is 1. The SMILES string of the molecule is Cc1cc(Cl)ccc1OCCCc1nnc(SCC(=O)NCc2ccco2)n1C. The molecule has 0 fully saturated rings. The number of aryl methyl sites for hydroxylation is 2. The summed E-state index contributed by atoms with van der Waals surface area (Å²) in [6, 6.07) is 9.19. The zero-order valence-corrected chi connectivity index (χ0v) is 17.9. The molecule has 154 valence electrons. The van der Waals surface area contributed by atoms with Gasteiger partial charge in [0.25, 0.3) is 0 Å². The number of rotatable bonds is 10. The molecule has 0 aliphatic rings. The summed E-state index contributed by atoms with van der Waals surface area (Å²) in [5, 5.41) is 12.6. The molecule has 1 aromatic carbocycles. The fourth-order valence-corrected chi connectivity index (χ4v) is 3.64. The molecule has 0 aliphatic carbocycles. The molecule has 0 radical (unpaired) electrons. The molecule has 2 aromatic heterocycles. The number of nitrogens with one attached hydrogen (secondary N) is 1. The lowest BCUT2D eigenvalue weighted by Gasteiger charge is -2.09. The van der Waals surface area contributed by atoms with E-state index in [1.54, 1.807) is 12.3 Å². The lowest BCUT2D eigenvalue weighted by Crippen LogP contribution is -2.24. The largest absolute Gasteiger partial charge is 0.493 e. The fraction of sp³-hybridized carbons (Fsp3) is 0.350. The van der Waals surface area contributed by atoms with Gasteiger partial charge in [-0.1, -0.05) is 23.4 Å². The minimum atomic E-state index is -0.0808. The average Bonchev–Trinajstić information content (AvgIpc) is 3.33. The molecular formula is C20H23ClN4O3S. The number of thioether (sulfide) groups is 1. The van der Waals surface area contributed by atoms with Crippen molar-refractivity contribution in [2.45, 2.75) is 31.5 Å². The summed E-state index contributed by atoms with van der Waals surface area (Å²) in [5.41, 5.74) is 1.01. The van der Waals surface area contributed by atoms with Gasteiger partial charge in [0.05, 0.1) is 25.2 Å². The average molecular weight is 435 g/mol. The van der Waals surface area contributed by atoms with E-state index in [0.717, 1.165) is 35.7 Å². The van der Waals surface area contributed by atoms with Gasteiger partial charge in [0, 0.05) is 18.5 Å². The van der Waals surface area contributed by atoms with E-state index >= 15 is 0 Å². The van der Waals surface area contributed by atoms with E-state index in [4.69, 9.17) is 20.8 Å². The number of aromatic nitrogens is 3. The van der Waals surface area contributed by atoms with Gasteiger partial charge in [0.1, 0.15) is 17.3 Å². The third kappa shape index (κ3) is 6.27. The zero-order valence-electron chi connectivity index (χ0n) is 16.4. The van der Waals surface area contributed by atoms with Crippen LogP contribution in [0.2, 0.25) is 5.02 Å². The number of nitrogens with zero attached hydrogens (tertiary/aromatic N) is 3. The molecule has 1 N–H and O–H groups in total. The van der Waals surface area contributed by atoms with Crippen LogP contribution in [-0.2, 0) is 24.8 Å². The van der Waals surface area contributed by atoms with Crippen molar-refractivity contribution < 1.29 is 13.9 Å². The fourth-order valence-electron chi connectivity index (χ4n) is 2.66. The van der Waals surface area contributed by atoms with Crippen molar-refractivity contribution in [1.29, 1.82) is 0 Å². The third-order valence-electron chi connectivity index (χ3n) is 4.24. The van der Waals surface area contributed by atoms with Crippen LogP contribution in [0, 0.1) is 6.92 Å². The predicted molar refractivity (Wildman–Crippen MR) is 112 cm³/mol. The van der Waals surface area contributed by atoms with Crippen LogP contribution in [0.4, 0.5) is 0 Å². The first-order chi connectivity index (χ1) is 14.0. The maximum Gasteiger partial charge on any atom is 0.230 e. The molecule has 2 heterocycles. The molecule has 29 heavy (non-hydrogen) atoms. The van der Waals surface area contributed by atoms with Crippen LogP contribution in [0.1, 0.15) is 23.6 Å². The third-order valence-corrected chi connectivity index (χ3v) is 5.49. The minimum absolute atomic E-state index is 0.0808. The summed E-state index contributed by atoms with van der Waals surface area (Å²) in [6.07, 6.45) is 3.13. The molecule has 0 spiro atoms. The van der Waals surface area contributed by atoms with E-state index in [0.29, 0.717) is 23.3 Å². The van der Waals surface area contributed by atoms with E-state index in [-0.39, 0.29) is 11.7 Å². The first-order valence-corrected chi connectivity index (χ1v) is 10.6. The van der Waals surface area contributed by atoms with Gasteiger partial charge in [-0.3, -0.25) is 4.79 Å². The normalized spacial score (nSPS) is 10.9. The van der Waals surface area contributed by atoms with Gasteiger partial charge in [-0.15, -0.1) is 10.2 Å². The maximum atomic E-state index is 12.0. The number of halogens is 1. The van der Waals surface area contributed by atoms with Crippen molar-refractivity contribution in [3.05, 3.63) is 58.8 Å². The summed E-state index contributed by atoms with van der Waals surface area (Å²) in [5.74, 6) is 2.61. The van der Waals surface area contributed by atoms with Crippen LogP contribution in [0.3, 0.4) is 0 Å². The van der Waals surface area contributed by atoms with Gasteiger partial charge in [0.2, 0.25) is 5.91 Å². The highest BCUT2D eigenvalue weighted by Gasteiger charge is 2.12. The maximum absolute atomic E-state index is 12.0. The topological polar surface area (TPSA) is 82.2 Å². The zero-order chi connectivity index (χ0) is 20.6. The number of benzene rings is 1. The summed E-state index contributed by atoms with van der Waals surface area (Å²) >= 11 is 7.31. The molecule has 0 saturated heterocycles. The first-order valence-electron chi connectivity index (χ1n) is 9.22. The number of ether oxygens (including phenoxy) is 1. The smallest absolute Gasteiger partial charge is 0.230 e. The van der Waals surface area contributed by atoms with E-state index in [9.17, 15) is 4.79 Å². The van der Waals surface area contributed by atoms with Gasteiger partial charge in [0.15, 0.2) is 5.16 Å². The van der Waals surface area contributed by atoms with Crippen molar-refractivity contribution in [3.8, 4) is 5.75 Å². The van der Waals surface area contributed by atoms with Crippen molar-refractivity contribution in [1.82, 2.24) is 20.1 Å². The molecule has 0 unspecified atom stereocenters. The Morgan fingerprint density at radius 2 is 2.21 bits per heavy atom. The molecule has 3 aromatic rings. The van der Waals surface area contributed by atoms with Gasteiger partial charge < -0.3 is 19.0 Å². The Labute approximate surface area is 178 Å². The van der Waals surface area contributed by atoms with Crippen molar-refractivity contribution in [2.75, 3.05) is 12.4 Å². The number of hydrogen-bond acceptors (Lipinski definition) is 6. The molecule has 0 atom stereocenters. The van der Waals surface area contributed by atoms with Crippen molar-refractivity contribution >= 4 is 29.3 Å². The number of carbonyl (C=O) groups excluding carboxylic acids is 1. The van der Waals surface area contributed by atoms with Gasteiger partial charge in [-0.2, -0.15) is 0 Å². The van der Waals surface area contributed by atoms with E-state index in [1.165, 1.54) is 11.8 Å². The second kappa shape index (κ2) is 10.4. The van der Waals surface area contributed by atoms with Gasteiger partial charge in [-0.25, -0.2) is 0 Å². The minimum Gasteiger partial charge on any atom is -0.493 e. The Balaban J connectivity index is 1.40. The molecule has 0 aliphatic heterocycles. The molecule has 0 bridgehead atoms. The number of hydrogen-bond donors (Lipinski definition) is 1. The summed E-state index contributed by atoms with van der Waals surface area (Å²) in [4.78, 5) is 12.0. The van der Waals surface area contributed by atoms with Crippen LogP contribution in [-0.4, -0.2) is 33.0 Å². The van der Waals surface area contributed by atoms with E-state index in [2.05, 4.69) is 15.5 Å². The molecular weight excluding hydrogens is 412 g/mol. The number of amides is 1. The molecule has 1 amide bonds.